The van der Waals surface area contributed by atoms with Gasteiger partial charge >= 0.3 is 5.97 Å². The first kappa shape index (κ1) is 18.0. The average molecular weight is 358 g/mol. The number of hydrogen-bond donors (Lipinski definition) is 1. The maximum atomic E-state index is 13.0. The fourth-order valence-electron chi connectivity index (χ4n) is 3.31. The Morgan fingerprint density at radius 3 is 2.54 bits per heavy atom. The molecule has 3 rings (SSSR count). The number of nitrogens with zero attached hydrogens (tertiary/aromatic N) is 2. The van der Waals surface area contributed by atoms with Gasteiger partial charge in [-0.2, -0.15) is 0 Å². The van der Waals surface area contributed by atoms with E-state index in [-0.39, 0.29) is 19.1 Å². The molecule has 1 aliphatic heterocycles. The Morgan fingerprint density at radius 1 is 1.23 bits per heavy atom. The van der Waals surface area contributed by atoms with E-state index >= 15 is 0 Å². The Hall–Kier alpha value is -2.80. The predicted molar refractivity (Wildman–Crippen MR) is 95.1 cm³/mol. The summed E-state index contributed by atoms with van der Waals surface area (Å²) in [7, 11) is 1.61. The maximum absolute atomic E-state index is 13.0. The molecule has 2 heterocycles. The van der Waals surface area contributed by atoms with Crippen LogP contribution in [0.1, 0.15) is 21.7 Å². The Labute approximate surface area is 151 Å². The van der Waals surface area contributed by atoms with Gasteiger partial charge in [-0.05, 0) is 44.2 Å². The topological polar surface area (TPSA) is 81.0 Å². The van der Waals surface area contributed by atoms with Crippen molar-refractivity contribution in [2.24, 2.45) is 0 Å². The number of carbonyl (C=O) groups is 2. The van der Waals surface area contributed by atoms with Gasteiger partial charge in [0.05, 0.1) is 25.9 Å². The molecule has 1 fully saturated rings. The molecule has 1 aliphatic rings. The summed E-state index contributed by atoms with van der Waals surface area (Å²) >= 11 is 0. The van der Waals surface area contributed by atoms with E-state index < -0.39 is 12.0 Å². The van der Waals surface area contributed by atoms with Gasteiger partial charge < -0.3 is 24.0 Å². The lowest BCUT2D eigenvalue weighted by atomic mass is 10.1. The van der Waals surface area contributed by atoms with Gasteiger partial charge in [0, 0.05) is 23.6 Å². The quantitative estimate of drug-likeness (QED) is 0.904. The highest BCUT2D eigenvalue weighted by molar-refractivity contribution is 5.98. The van der Waals surface area contributed by atoms with Crippen LogP contribution in [0.3, 0.4) is 0 Å². The highest BCUT2D eigenvalue weighted by Crippen LogP contribution is 2.24. The third kappa shape index (κ3) is 3.17. The lowest BCUT2D eigenvalue weighted by Gasteiger charge is -2.32. The van der Waals surface area contributed by atoms with Crippen molar-refractivity contribution in [2.45, 2.75) is 19.9 Å². The van der Waals surface area contributed by atoms with E-state index in [1.54, 1.807) is 13.2 Å². The average Bonchev–Trinajstić information content (AvgIpc) is 2.95. The second kappa shape index (κ2) is 7.21. The Balaban J connectivity index is 1.96. The SMILES string of the molecule is COc1ccc(-n2c(C)cc(C(=O)N3CCOCC3C(=O)O)c2C)cc1. The molecule has 1 unspecified atom stereocenters. The van der Waals surface area contributed by atoms with Crippen LogP contribution in [-0.2, 0) is 9.53 Å². The summed E-state index contributed by atoms with van der Waals surface area (Å²) in [4.78, 5) is 25.8. The van der Waals surface area contributed by atoms with E-state index in [4.69, 9.17) is 9.47 Å². The number of morpholine rings is 1. The Bertz CT molecular complexity index is 825. The fourth-order valence-corrected chi connectivity index (χ4v) is 3.31. The molecule has 0 bridgehead atoms. The summed E-state index contributed by atoms with van der Waals surface area (Å²) in [6.45, 7) is 4.40. The van der Waals surface area contributed by atoms with Gasteiger partial charge in [0.15, 0.2) is 6.04 Å². The van der Waals surface area contributed by atoms with Crippen LogP contribution < -0.4 is 4.74 Å². The molecule has 2 aromatic rings. The van der Waals surface area contributed by atoms with Gasteiger partial charge in [-0.3, -0.25) is 4.79 Å². The van der Waals surface area contributed by atoms with Crippen LogP contribution in [0, 0.1) is 13.8 Å². The minimum Gasteiger partial charge on any atom is -0.497 e. The Kier molecular flexibility index (Phi) is 4.99. The molecule has 0 radical (unpaired) electrons. The van der Waals surface area contributed by atoms with Crippen molar-refractivity contribution >= 4 is 11.9 Å². The van der Waals surface area contributed by atoms with Crippen molar-refractivity contribution in [3.05, 3.63) is 47.3 Å². The molecule has 1 amide bonds. The van der Waals surface area contributed by atoms with Gasteiger partial charge in [0.1, 0.15) is 5.75 Å². The van der Waals surface area contributed by atoms with E-state index in [1.807, 2.05) is 42.7 Å². The predicted octanol–water partition coefficient (Wildman–Crippen LogP) is 2.03. The normalized spacial score (nSPS) is 17.2. The summed E-state index contributed by atoms with van der Waals surface area (Å²) in [6, 6.07) is 8.40. The molecule has 0 spiro atoms. The molecule has 0 aliphatic carbocycles. The van der Waals surface area contributed by atoms with Gasteiger partial charge in [0.2, 0.25) is 0 Å². The summed E-state index contributed by atoms with van der Waals surface area (Å²) in [6.07, 6.45) is 0. The standard InChI is InChI=1S/C19H22N2O5/c1-12-10-16(18(22)20-8-9-26-11-17(20)19(23)24)13(2)21(12)14-4-6-15(25-3)7-5-14/h4-7,10,17H,8-9,11H2,1-3H3,(H,23,24). The van der Waals surface area contributed by atoms with Crippen molar-refractivity contribution in [3.63, 3.8) is 0 Å². The number of rotatable bonds is 4. The van der Waals surface area contributed by atoms with E-state index in [0.717, 1.165) is 22.8 Å². The molecule has 26 heavy (non-hydrogen) atoms. The Morgan fingerprint density at radius 2 is 1.92 bits per heavy atom. The number of aryl methyl sites for hydroxylation is 1. The van der Waals surface area contributed by atoms with E-state index in [9.17, 15) is 14.7 Å². The molecule has 7 nitrogen and oxygen atoms in total. The lowest BCUT2D eigenvalue weighted by molar-refractivity contribution is -0.147. The first-order chi connectivity index (χ1) is 12.4. The highest BCUT2D eigenvalue weighted by atomic mass is 16.5. The molecule has 138 valence electrons. The van der Waals surface area contributed by atoms with Crippen molar-refractivity contribution in [1.29, 1.82) is 0 Å². The van der Waals surface area contributed by atoms with Crippen LogP contribution >= 0.6 is 0 Å². The van der Waals surface area contributed by atoms with Crippen molar-refractivity contribution in [1.82, 2.24) is 9.47 Å². The number of aliphatic carboxylic acids is 1. The zero-order valence-electron chi connectivity index (χ0n) is 15.1. The summed E-state index contributed by atoms with van der Waals surface area (Å²) in [5.74, 6) is -0.583. The minimum absolute atomic E-state index is 0.0122. The second-order valence-electron chi connectivity index (χ2n) is 6.25. The molecule has 7 heteroatoms. The van der Waals surface area contributed by atoms with Gasteiger partial charge in [0.25, 0.3) is 5.91 Å². The number of carbonyl (C=O) groups excluding carboxylic acids is 1. The van der Waals surface area contributed by atoms with Gasteiger partial charge in [-0.1, -0.05) is 0 Å². The van der Waals surface area contributed by atoms with E-state index in [1.165, 1.54) is 4.90 Å². The lowest BCUT2D eigenvalue weighted by Crippen LogP contribution is -2.52. The fraction of sp³-hybridized carbons (Fsp3) is 0.368. The largest absolute Gasteiger partial charge is 0.497 e. The van der Waals surface area contributed by atoms with Crippen LogP contribution in [0.4, 0.5) is 0 Å². The molecular weight excluding hydrogens is 336 g/mol. The number of amides is 1. The van der Waals surface area contributed by atoms with Crippen LogP contribution in [0.2, 0.25) is 0 Å². The van der Waals surface area contributed by atoms with Crippen LogP contribution in [0.25, 0.3) is 5.69 Å². The van der Waals surface area contributed by atoms with Crippen molar-refractivity contribution in [2.75, 3.05) is 26.9 Å². The van der Waals surface area contributed by atoms with Crippen LogP contribution in [0.5, 0.6) is 5.75 Å². The first-order valence-corrected chi connectivity index (χ1v) is 8.39. The van der Waals surface area contributed by atoms with E-state index in [0.29, 0.717) is 12.2 Å². The van der Waals surface area contributed by atoms with Crippen molar-refractivity contribution in [3.8, 4) is 11.4 Å². The monoisotopic (exact) mass is 358 g/mol. The minimum atomic E-state index is -1.05. The molecule has 1 aromatic heterocycles. The molecule has 1 aromatic carbocycles. The van der Waals surface area contributed by atoms with Crippen LogP contribution in [0.15, 0.2) is 30.3 Å². The molecule has 1 saturated heterocycles. The molecule has 1 atom stereocenters. The third-order valence-corrected chi connectivity index (χ3v) is 4.67. The maximum Gasteiger partial charge on any atom is 0.328 e. The summed E-state index contributed by atoms with van der Waals surface area (Å²) in [5.41, 5.74) is 3.09. The first-order valence-electron chi connectivity index (χ1n) is 8.39. The number of ether oxygens (including phenoxy) is 2. The zero-order valence-corrected chi connectivity index (χ0v) is 15.1. The number of benzene rings is 1. The smallest absolute Gasteiger partial charge is 0.328 e. The number of methoxy groups -OCH3 is 1. The number of carboxylic acids is 1. The summed E-state index contributed by atoms with van der Waals surface area (Å²) < 4.78 is 12.4. The third-order valence-electron chi connectivity index (χ3n) is 4.67. The van der Waals surface area contributed by atoms with Crippen LogP contribution in [-0.4, -0.2) is 59.4 Å². The molecule has 1 N–H and O–H groups in total. The highest BCUT2D eigenvalue weighted by Gasteiger charge is 2.34. The van der Waals surface area contributed by atoms with Gasteiger partial charge in [-0.15, -0.1) is 0 Å². The van der Waals surface area contributed by atoms with Gasteiger partial charge in [-0.25, -0.2) is 4.79 Å². The van der Waals surface area contributed by atoms with E-state index in [2.05, 4.69) is 0 Å². The second-order valence-corrected chi connectivity index (χ2v) is 6.25. The summed E-state index contributed by atoms with van der Waals surface area (Å²) in [5, 5.41) is 9.37. The molecular formula is C19H22N2O5. The molecule has 0 saturated carbocycles. The number of hydrogen-bond acceptors (Lipinski definition) is 4. The number of carboxylic acid groups (broad SMARTS) is 1. The number of aromatic nitrogens is 1. The zero-order chi connectivity index (χ0) is 18.8. The van der Waals surface area contributed by atoms with Crippen molar-refractivity contribution < 1.29 is 24.2 Å².